The molecule has 0 spiro atoms. The highest BCUT2D eigenvalue weighted by atomic mass is 16.5. The molecule has 1 unspecified atom stereocenters. The SMILES string of the molecule is CCOC(=O)C(C(=O)c1cc(OC)cc(OC)c1)C(C)C. The third kappa shape index (κ3) is 4.21. The van der Waals surface area contributed by atoms with Gasteiger partial charge in [-0.15, -0.1) is 0 Å². The average Bonchev–Trinajstić information content (AvgIpc) is 2.46. The minimum absolute atomic E-state index is 0.159. The second kappa shape index (κ2) is 7.67. The summed E-state index contributed by atoms with van der Waals surface area (Å²) < 4.78 is 15.3. The van der Waals surface area contributed by atoms with Crippen molar-refractivity contribution in [2.24, 2.45) is 11.8 Å². The molecule has 1 aromatic rings. The van der Waals surface area contributed by atoms with Gasteiger partial charge >= 0.3 is 5.97 Å². The first-order valence-electron chi connectivity index (χ1n) is 6.88. The van der Waals surface area contributed by atoms with Crippen LogP contribution in [-0.2, 0) is 9.53 Å². The van der Waals surface area contributed by atoms with E-state index in [9.17, 15) is 9.59 Å². The normalized spacial score (nSPS) is 11.9. The Labute approximate surface area is 125 Å². The Balaban J connectivity index is 3.17. The molecule has 0 aliphatic carbocycles. The largest absolute Gasteiger partial charge is 0.497 e. The number of ketones is 1. The van der Waals surface area contributed by atoms with Gasteiger partial charge in [0.15, 0.2) is 5.78 Å². The number of esters is 1. The number of carbonyl (C=O) groups is 2. The molecule has 0 radical (unpaired) electrons. The number of ether oxygens (including phenoxy) is 3. The van der Waals surface area contributed by atoms with Crippen LogP contribution in [-0.4, -0.2) is 32.6 Å². The van der Waals surface area contributed by atoms with E-state index in [0.29, 0.717) is 17.1 Å². The van der Waals surface area contributed by atoms with Crippen LogP contribution in [0.25, 0.3) is 0 Å². The Bertz CT molecular complexity index is 485. The van der Waals surface area contributed by atoms with Gasteiger partial charge < -0.3 is 14.2 Å². The number of rotatable bonds is 7. The predicted molar refractivity (Wildman–Crippen MR) is 78.8 cm³/mol. The molecule has 0 saturated heterocycles. The smallest absolute Gasteiger partial charge is 0.317 e. The molecule has 5 nitrogen and oxygen atoms in total. The van der Waals surface area contributed by atoms with E-state index in [1.54, 1.807) is 25.1 Å². The molecule has 1 rings (SSSR count). The van der Waals surface area contributed by atoms with Gasteiger partial charge in [-0.3, -0.25) is 9.59 Å². The third-order valence-corrected chi connectivity index (χ3v) is 3.13. The molecule has 116 valence electrons. The van der Waals surface area contributed by atoms with E-state index >= 15 is 0 Å². The van der Waals surface area contributed by atoms with Crippen molar-refractivity contribution in [1.82, 2.24) is 0 Å². The molecular weight excluding hydrogens is 272 g/mol. The number of benzene rings is 1. The summed E-state index contributed by atoms with van der Waals surface area (Å²) in [6.07, 6.45) is 0. The lowest BCUT2D eigenvalue weighted by Crippen LogP contribution is -2.30. The first-order chi connectivity index (χ1) is 9.94. The maximum absolute atomic E-state index is 12.6. The Hall–Kier alpha value is -2.04. The topological polar surface area (TPSA) is 61.8 Å². The lowest BCUT2D eigenvalue weighted by Gasteiger charge is -2.18. The maximum Gasteiger partial charge on any atom is 0.317 e. The van der Waals surface area contributed by atoms with Crippen molar-refractivity contribution in [2.75, 3.05) is 20.8 Å². The zero-order chi connectivity index (χ0) is 16.0. The van der Waals surface area contributed by atoms with Gasteiger partial charge in [0.1, 0.15) is 17.4 Å². The van der Waals surface area contributed by atoms with Crippen molar-refractivity contribution < 1.29 is 23.8 Å². The van der Waals surface area contributed by atoms with Crippen molar-refractivity contribution >= 4 is 11.8 Å². The van der Waals surface area contributed by atoms with Crippen molar-refractivity contribution in [2.45, 2.75) is 20.8 Å². The van der Waals surface area contributed by atoms with Crippen LogP contribution in [0, 0.1) is 11.8 Å². The number of hydrogen-bond acceptors (Lipinski definition) is 5. The van der Waals surface area contributed by atoms with Crippen LogP contribution in [0.2, 0.25) is 0 Å². The minimum atomic E-state index is -0.832. The Kier molecular flexibility index (Phi) is 6.21. The summed E-state index contributed by atoms with van der Waals surface area (Å²) in [5.74, 6) is -0.774. The molecule has 0 amide bonds. The number of methoxy groups -OCH3 is 2. The fourth-order valence-corrected chi connectivity index (χ4v) is 2.04. The summed E-state index contributed by atoms with van der Waals surface area (Å²) in [5.41, 5.74) is 0.373. The molecule has 0 aliphatic heterocycles. The van der Waals surface area contributed by atoms with E-state index < -0.39 is 11.9 Å². The molecule has 0 saturated carbocycles. The van der Waals surface area contributed by atoms with Gasteiger partial charge in [0.25, 0.3) is 0 Å². The van der Waals surface area contributed by atoms with Gasteiger partial charge in [0.2, 0.25) is 0 Å². The van der Waals surface area contributed by atoms with Gasteiger partial charge in [-0.2, -0.15) is 0 Å². The van der Waals surface area contributed by atoms with Crippen LogP contribution < -0.4 is 9.47 Å². The first-order valence-corrected chi connectivity index (χ1v) is 6.88. The van der Waals surface area contributed by atoms with Crippen molar-refractivity contribution in [3.05, 3.63) is 23.8 Å². The van der Waals surface area contributed by atoms with E-state index in [4.69, 9.17) is 14.2 Å². The molecule has 1 aromatic carbocycles. The number of carbonyl (C=O) groups excluding carboxylic acids is 2. The van der Waals surface area contributed by atoms with Gasteiger partial charge in [0, 0.05) is 11.6 Å². The molecule has 0 aliphatic rings. The van der Waals surface area contributed by atoms with Gasteiger partial charge in [-0.1, -0.05) is 13.8 Å². The lowest BCUT2D eigenvalue weighted by molar-refractivity contribution is -0.147. The van der Waals surface area contributed by atoms with Gasteiger partial charge in [-0.05, 0) is 25.0 Å². The molecular formula is C16H22O5. The van der Waals surface area contributed by atoms with Crippen LogP contribution in [0.15, 0.2) is 18.2 Å². The lowest BCUT2D eigenvalue weighted by atomic mass is 9.88. The second-order valence-corrected chi connectivity index (χ2v) is 4.94. The highest BCUT2D eigenvalue weighted by Crippen LogP contribution is 2.26. The number of Topliss-reactive ketones (excluding diaryl/α,β-unsaturated/α-hetero) is 1. The Morgan fingerprint density at radius 2 is 1.57 bits per heavy atom. The van der Waals surface area contributed by atoms with E-state index in [2.05, 4.69) is 0 Å². The fraction of sp³-hybridized carbons (Fsp3) is 0.500. The Morgan fingerprint density at radius 1 is 1.05 bits per heavy atom. The van der Waals surface area contributed by atoms with Crippen LogP contribution in [0.3, 0.4) is 0 Å². The monoisotopic (exact) mass is 294 g/mol. The van der Waals surface area contributed by atoms with E-state index in [0.717, 1.165) is 0 Å². The molecule has 1 atom stereocenters. The minimum Gasteiger partial charge on any atom is -0.497 e. The summed E-state index contributed by atoms with van der Waals surface area (Å²) in [6.45, 7) is 5.60. The van der Waals surface area contributed by atoms with Gasteiger partial charge in [-0.25, -0.2) is 0 Å². The van der Waals surface area contributed by atoms with Crippen LogP contribution in [0.4, 0.5) is 0 Å². The van der Waals surface area contributed by atoms with Crippen LogP contribution in [0.5, 0.6) is 11.5 Å². The number of hydrogen-bond donors (Lipinski definition) is 0. The van der Waals surface area contributed by atoms with Gasteiger partial charge in [0.05, 0.1) is 20.8 Å². The zero-order valence-corrected chi connectivity index (χ0v) is 13.1. The summed E-state index contributed by atoms with van der Waals surface area (Å²) >= 11 is 0. The van der Waals surface area contributed by atoms with Crippen LogP contribution in [0.1, 0.15) is 31.1 Å². The molecule has 0 bridgehead atoms. The van der Waals surface area contributed by atoms with Crippen molar-refractivity contribution in [1.29, 1.82) is 0 Å². The molecule has 0 N–H and O–H groups in total. The maximum atomic E-state index is 12.6. The summed E-state index contributed by atoms with van der Waals surface area (Å²) in [4.78, 5) is 24.6. The highest BCUT2D eigenvalue weighted by molar-refractivity contribution is 6.09. The molecule has 0 fully saturated rings. The standard InChI is InChI=1S/C16H22O5/c1-6-21-16(18)14(10(2)3)15(17)11-7-12(19-4)9-13(8-11)20-5/h7-10,14H,6H2,1-5H3. The third-order valence-electron chi connectivity index (χ3n) is 3.13. The van der Waals surface area contributed by atoms with E-state index in [1.807, 2.05) is 13.8 Å². The molecule has 0 aromatic heterocycles. The second-order valence-electron chi connectivity index (χ2n) is 4.94. The van der Waals surface area contributed by atoms with Crippen molar-refractivity contribution in [3.8, 4) is 11.5 Å². The molecule has 0 heterocycles. The first kappa shape index (κ1) is 17.0. The van der Waals surface area contributed by atoms with Crippen LogP contribution >= 0.6 is 0 Å². The van der Waals surface area contributed by atoms with E-state index in [-0.39, 0.29) is 18.3 Å². The Morgan fingerprint density at radius 3 is 1.95 bits per heavy atom. The summed E-state index contributed by atoms with van der Waals surface area (Å²) in [7, 11) is 3.02. The van der Waals surface area contributed by atoms with E-state index in [1.165, 1.54) is 14.2 Å². The quantitative estimate of drug-likeness (QED) is 0.439. The summed E-state index contributed by atoms with van der Waals surface area (Å²) in [5, 5.41) is 0. The summed E-state index contributed by atoms with van der Waals surface area (Å²) in [6, 6.07) is 4.87. The fourth-order valence-electron chi connectivity index (χ4n) is 2.04. The van der Waals surface area contributed by atoms with Crippen molar-refractivity contribution in [3.63, 3.8) is 0 Å². The molecule has 5 heteroatoms. The average molecular weight is 294 g/mol. The highest BCUT2D eigenvalue weighted by Gasteiger charge is 2.32. The molecule has 21 heavy (non-hydrogen) atoms. The predicted octanol–water partition coefficient (Wildman–Crippen LogP) is 2.72. The zero-order valence-electron chi connectivity index (χ0n) is 13.1.